The van der Waals surface area contributed by atoms with Crippen LogP contribution in [-0.2, 0) is 16.0 Å². The fraction of sp³-hybridized carbons (Fsp3) is 0.200. The molecule has 0 bridgehead atoms. The van der Waals surface area contributed by atoms with Gasteiger partial charge in [-0.25, -0.2) is 4.79 Å². The quantitative estimate of drug-likeness (QED) is 0.819. The molecule has 0 aliphatic heterocycles. The summed E-state index contributed by atoms with van der Waals surface area (Å²) in [5, 5.41) is 3.74. The van der Waals surface area contributed by atoms with Crippen molar-refractivity contribution >= 4 is 35.1 Å². The first kappa shape index (κ1) is 16.4. The normalized spacial score (nSPS) is 10.3. The molecule has 7 heteroatoms. The number of esters is 1. The number of hydrogen-bond acceptors (Lipinski definition) is 4. The van der Waals surface area contributed by atoms with Crippen LogP contribution in [0.3, 0.4) is 0 Å². The highest BCUT2D eigenvalue weighted by molar-refractivity contribution is 6.35. The number of amides is 1. The third kappa shape index (κ3) is 4.79. The molecule has 1 aromatic heterocycles. The number of hydrogen-bond donors (Lipinski definition) is 1. The highest BCUT2D eigenvalue weighted by atomic mass is 35.5. The molecule has 0 saturated heterocycles. The third-order valence-corrected chi connectivity index (χ3v) is 3.38. The molecule has 0 saturated carbocycles. The number of carbonyl (C=O) groups is 2. The average Bonchev–Trinajstić information content (AvgIpc) is 3.01. The minimum absolute atomic E-state index is 0.0562. The van der Waals surface area contributed by atoms with Gasteiger partial charge in [-0.05, 0) is 36.2 Å². The van der Waals surface area contributed by atoms with Gasteiger partial charge in [0, 0.05) is 16.6 Å². The molecule has 0 spiro atoms. The molecule has 0 unspecified atom stereocenters. The van der Waals surface area contributed by atoms with Crippen molar-refractivity contribution in [3.63, 3.8) is 0 Å². The zero-order valence-electron chi connectivity index (χ0n) is 11.5. The predicted molar refractivity (Wildman–Crippen MR) is 82.2 cm³/mol. The van der Waals surface area contributed by atoms with Gasteiger partial charge in [-0.1, -0.05) is 29.3 Å². The van der Waals surface area contributed by atoms with Crippen molar-refractivity contribution < 1.29 is 18.7 Å². The van der Waals surface area contributed by atoms with Crippen molar-refractivity contribution in [1.29, 1.82) is 0 Å². The lowest BCUT2D eigenvalue weighted by atomic mass is 10.1. The summed E-state index contributed by atoms with van der Waals surface area (Å²) in [6.45, 7) is 0.00632. The van der Waals surface area contributed by atoms with E-state index < -0.39 is 11.9 Å². The smallest absolute Gasteiger partial charge is 0.374 e. The molecule has 5 nitrogen and oxygen atoms in total. The molecule has 2 rings (SSSR count). The fourth-order valence-electron chi connectivity index (χ4n) is 1.71. The molecule has 0 atom stereocenters. The van der Waals surface area contributed by atoms with Crippen molar-refractivity contribution in [3.8, 4) is 0 Å². The minimum atomic E-state index is -0.680. The van der Waals surface area contributed by atoms with E-state index in [-0.39, 0.29) is 12.4 Å². The van der Waals surface area contributed by atoms with E-state index in [1.165, 1.54) is 12.3 Å². The van der Waals surface area contributed by atoms with E-state index in [9.17, 15) is 9.59 Å². The Morgan fingerprint density at radius 3 is 2.73 bits per heavy atom. The Hall–Kier alpha value is -1.98. The van der Waals surface area contributed by atoms with E-state index in [1.54, 1.807) is 24.3 Å². The lowest BCUT2D eigenvalue weighted by molar-refractivity contribution is -0.124. The van der Waals surface area contributed by atoms with Gasteiger partial charge in [0.15, 0.2) is 6.61 Å². The number of nitrogens with one attached hydrogen (secondary N) is 1. The van der Waals surface area contributed by atoms with Crippen LogP contribution in [-0.4, -0.2) is 25.0 Å². The SMILES string of the molecule is O=C(COC(=O)c1ccco1)NCCc1ccc(Cl)cc1Cl. The average molecular weight is 342 g/mol. The van der Waals surface area contributed by atoms with Crippen molar-refractivity contribution in [2.75, 3.05) is 13.2 Å². The Morgan fingerprint density at radius 2 is 2.05 bits per heavy atom. The van der Waals surface area contributed by atoms with Gasteiger partial charge in [-0.15, -0.1) is 0 Å². The van der Waals surface area contributed by atoms with E-state index in [2.05, 4.69) is 5.32 Å². The van der Waals surface area contributed by atoms with Gasteiger partial charge >= 0.3 is 5.97 Å². The Balaban J connectivity index is 1.70. The van der Waals surface area contributed by atoms with Gasteiger partial charge in [-0.3, -0.25) is 4.79 Å². The van der Waals surface area contributed by atoms with Gasteiger partial charge in [0.1, 0.15) is 0 Å². The van der Waals surface area contributed by atoms with E-state index >= 15 is 0 Å². The minimum Gasteiger partial charge on any atom is -0.457 e. The summed E-state index contributed by atoms with van der Waals surface area (Å²) in [6, 6.07) is 8.20. The predicted octanol–water partition coefficient (Wildman–Crippen LogP) is 3.10. The molecule has 1 heterocycles. The highest BCUT2D eigenvalue weighted by Crippen LogP contribution is 2.20. The molecule has 1 aromatic carbocycles. The second kappa shape index (κ2) is 7.87. The summed E-state index contributed by atoms with van der Waals surface area (Å²) in [4.78, 5) is 23.0. The molecule has 0 aliphatic carbocycles. The second-order valence-electron chi connectivity index (χ2n) is 4.39. The first-order valence-corrected chi connectivity index (χ1v) is 7.23. The van der Waals surface area contributed by atoms with Gasteiger partial charge < -0.3 is 14.5 Å². The van der Waals surface area contributed by atoms with Crippen LogP contribution in [0, 0.1) is 0 Å². The summed E-state index contributed by atoms with van der Waals surface area (Å²) in [5.74, 6) is -1.02. The topological polar surface area (TPSA) is 68.5 Å². The highest BCUT2D eigenvalue weighted by Gasteiger charge is 2.12. The molecular weight excluding hydrogens is 329 g/mol. The number of furan rings is 1. The van der Waals surface area contributed by atoms with Crippen molar-refractivity contribution in [3.05, 3.63) is 58.0 Å². The van der Waals surface area contributed by atoms with Gasteiger partial charge in [0.25, 0.3) is 5.91 Å². The van der Waals surface area contributed by atoms with Crippen molar-refractivity contribution in [2.24, 2.45) is 0 Å². The fourth-order valence-corrected chi connectivity index (χ4v) is 2.21. The van der Waals surface area contributed by atoms with Gasteiger partial charge in [0.2, 0.25) is 5.76 Å². The van der Waals surface area contributed by atoms with Crippen LogP contribution < -0.4 is 5.32 Å². The van der Waals surface area contributed by atoms with E-state index in [0.717, 1.165) is 5.56 Å². The summed E-state index contributed by atoms with van der Waals surface area (Å²) in [5.41, 5.74) is 0.874. The first-order valence-electron chi connectivity index (χ1n) is 6.47. The Labute approximate surface area is 137 Å². The molecule has 2 aromatic rings. The van der Waals surface area contributed by atoms with E-state index in [1.807, 2.05) is 0 Å². The van der Waals surface area contributed by atoms with Gasteiger partial charge in [0.05, 0.1) is 6.26 Å². The number of rotatable bonds is 6. The van der Waals surface area contributed by atoms with Crippen LogP contribution in [0.2, 0.25) is 10.0 Å². The third-order valence-electron chi connectivity index (χ3n) is 2.79. The number of benzene rings is 1. The maximum Gasteiger partial charge on any atom is 0.374 e. The summed E-state index contributed by atoms with van der Waals surface area (Å²) in [6.07, 6.45) is 1.90. The standard InChI is InChI=1S/C15H13Cl2NO4/c16-11-4-3-10(12(17)8-11)5-6-18-14(19)9-22-15(20)13-2-1-7-21-13/h1-4,7-8H,5-6,9H2,(H,18,19). The number of carbonyl (C=O) groups excluding carboxylic acids is 2. The molecular formula is C15H13Cl2NO4. The van der Waals surface area contributed by atoms with Crippen molar-refractivity contribution in [1.82, 2.24) is 5.32 Å². The molecule has 1 amide bonds. The number of ether oxygens (including phenoxy) is 1. The molecule has 22 heavy (non-hydrogen) atoms. The zero-order valence-corrected chi connectivity index (χ0v) is 13.0. The maximum absolute atomic E-state index is 11.6. The Kier molecular flexibility index (Phi) is 5.86. The zero-order chi connectivity index (χ0) is 15.9. The maximum atomic E-state index is 11.6. The van der Waals surface area contributed by atoms with Crippen LogP contribution >= 0.6 is 23.2 Å². The lowest BCUT2D eigenvalue weighted by Gasteiger charge is -2.07. The van der Waals surface area contributed by atoms with E-state index in [0.29, 0.717) is 23.0 Å². The largest absolute Gasteiger partial charge is 0.457 e. The summed E-state index contributed by atoms with van der Waals surface area (Å²) >= 11 is 11.8. The lowest BCUT2D eigenvalue weighted by Crippen LogP contribution is -2.30. The van der Waals surface area contributed by atoms with Crippen LogP contribution in [0.1, 0.15) is 16.1 Å². The molecule has 116 valence electrons. The number of halogens is 2. The van der Waals surface area contributed by atoms with Crippen LogP contribution in [0.4, 0.5) is 0 Å². The molecule has 0 radical (unpaired) electrons. The summed E-state index contributed by atoms with van der Waals surface area (Å²) in [7, 11) is 0. The first-order chi connectivity index (χ1) is 10.6. The van der Waals surface area contributed by atoms with Crippen LogP contribution in [0.25, 0.3) is 0 Å². The van der Waals surface area contributed by atoms with Gasteiger partial charge in [-0.2, -0.15) is 0 Å². The second-order valence-corrected chi connectivity index (χ2v) is 5.23. The molecule has 0 aliphatic rings. The van der Waals surface area contributed by atoms with Crippen LogP contribution in [0.15, 0.2) is 41.0 Å². The Bertz CT molecular complexity index is 656. The molecule has 1 N–H and O–H groups in total. The molecule has 0 fully saturated rings. The monoisotopic (exact) mass is 341 g/mol. The summed E-state index contributed by atoms with van der Waals surface area (Å²) < 4.78 is 9.66. The van der Waals surface area contributed by atoms with Crippen molar-refractivity contribution in [2.45, 2.75) is 6.42 Å². The Morgan fingerprint density at radius 1 is 1.23 bits per heavy atom. The van der Waals surface area contributed by atoms with Crippen LogP contribution in [0.5, 0.6) is 0 Å². The van der Waals surface area contributed by atoms with E-state index in [4.69, 9.17) is 32.4 Å².